The Morgan fingerprint density at radius 2 is 2.00 bits per heavy atom. The highest BCUT2D eigenvalue weighted by Crippen LogP contribution is 2.36. The number of hydrogen-bond acceptors (Lipinski definition) is 4. The van der Waals surface area contributed by atoms with Crippen LogP contribution in [0.2, 0.25) is 0 Å². The second-order valence-corrected chi connectivity index (χ2v) is 7.25. The first kappa shape index (κ1) is 18.5. The minimum absolute atomic E-state index is 0.195. The number of carbonyl (C=O) groups is 1. The van der Waals surface area contributed by atoms with E-state index < -0.39 is 0 Å². The molecule has 1 heterocycles. The Morgan fingerprint density at radius 3 is 2.54 bits per heavy atom. The number of carbonyl (C=O) groups excluding carboxylic acids is 1. The molecule has 1 fully saturated rings. The van der Waals surface area contributed by atoms with Crippen molar-refractivity contribution in [1.82, 2.24) is 10.1 Å². The number of benzene rings is 1. The lowest BCUT2D eigenvalue weighted by molar-refractivity contribution is -0.134. The second kappa shape index (κ2) is 7.94. The van der Waals surface area contributed by atoms with E-state index in [0.717, 1.165) is 28.3 Å². The normalized spacial score (nSPS) is 14.9. The van der Waals surface area contributed by atoms with Gasteiger partial charge in [-0.2, -0.15) is 0 Å². The molecule has 2 aromatic rings. The van der Waals surface area contributed by atoms with Crippen LogP contribution in [0.1, 0.15) is 48.8 Å². The quantitative estimate of drug-likeness (QED) is 0.716. The van der Waals surface area contributed by atoms with Crippen LogP contribution in [0.25, 0.3) is 0 Å². The maximum absolute atomic E-state index is 13.0. The van der Waals surface area contributed by atoms with Crippen LogP contribution in [-0.2, 0) is 17.8 Å². The summed E-state index contributed by atoms with van der Waals surface area (Å²) in [5.41, 5.74) is 3.07. The lowest BCUT2D eigenvalue weighted by Crippen LogP contribution is -2.39. The van der Waals surface area contributed by atoms with E-state index in [2.05, 4.69) is 12.1 Å². The highest BCUT2D eigenvalue weighted by Gasteiger charge is 2.34. The molecule has 0 N–H and O–H groups in total. The van der Waals surface area contributed by atoms with Gasteiger partial charge in [-0.15, -0.1) is 0 Å². The van der Waals surface area contributed by atoms with Crippen molar-refractivity contribution in [2.24, 2.45) is 5.92 Å². The summed E-state index contributed by atoms with van der Waals surface area (Å²) in [7, 11) is 1.66. The van der Waals surface area contributed by atoms with Gasteiger partial charge in [0.2, 0.25) is 5.91 Å². The number of hydrogen-bond donors (Lipinski definition) is 0. The van der Waals surface area contributed by atoms with Gasteiger partial charge in [-0.25, -0.2) is 0 Å². The smallest absolute Gasteiger partial charge is 0.223 e. The first-order valence-corrected chi connectivity index (χ1v) is 9.33. The van der Waals surface area contributed by atoms with Crippen molar-refractivity contribution in [2.75, 3.05) is 7.11 Å². The fourth-order valence-corrected chi connectivity index (χ4v) is 3.45. The van der Waals surface area contributed by atoms with E-state index in [1.54, 1.807) is 7.11 Å². The van der Waals surface area contributed by atoms with Crippen LogP contribution in [0.15, 0.2) is 28.8 Å². The Hall–Kier alpha value is -2.30. The van der Waals surface area contributed by atoms with Gasteiger partial charge in [0.05, 0.1) is 12.8 Å². The summed E-state index contributed by atoms with van der Waals surface area (Å²) in [6.45, 7) is 6.65. The molecule has 26 heavy (non-hydrogen) atoms. The van der Waals surface area contributed by atoms with Gasteiger partial charge in [-0.1, -0.05) is 17.3 Å². The Bertz CT molecular complexity index is 728. The van der Waals surface area contributed by atoms with Crippen LogP contribution < -0.4 is 4.74 Å². The molecular weight excluding hydrogens is 328 g/mol. The van der Waals surface area contributed by atoms with Crippen LogP contribution in [0, 0.1) is 19.8 Å². The fourth-order valence-electron chi connectivity index (χ4n) is 3.45. The van der Waals surface area contributed by atoms with Gasteiger partial charge in [-0.3, -0.25) is 4.79 Å². The fraction of sp³-hybridized carbons (Fsp3) is 0.524. The molecule has 1 amide bonds. The highest BCUT2D eigenvalue weighted by molar-refractivity contribution is 5.77. The molecule has 5 heteroatoms. The number of rotatable bonds is 8. The summed E-state index contributed by atoms with van der Waals surface area (Å²) in [5, 5.41) is 3.98. The lowest BCUT2D eigenvalue weighted by Gasteiger charge is -2.30. The lowest BCUT2D eigenvalue weighted by atomic mass is 10.1. The van der Waals surface area contributed by atoms with Crippen LogP contribution in [0.5, 0.6) is 5.75 Å². The number of amides is 1. The third kappa shape index (κ3) is 4.26. The van der Waals surface area contributed by atoms with Gasteiger partial charge in [0.1, 0.15) is 11.5 Å². The summed E-state index contributed by atoms with van der Waals surface area (Å²) in [6.07, 6.45) is 3.60. The first-order valence-electron chi connectivity index (χ1n) is 9.33. The Kier molecular flexibility index (Phi) is 5.64. The third-order valence-electron chi connectivity index (χ3n) is 5.40. The molecule has 140 valence electrons. The summed E-state index contributed by atoms with van der Waals surface area (Å²) in [5.74, 6) is 2.48. The van der Waals surface area contributed by atoms with Crippen molar-refractivity contribution >= 4 is 5.91 Å². The predicted octanol–water partition coefficient (Wildman–Crippen LogP) is 4.06. The molecule has 1 atom stereocenters. The van der Waals surface area contributed by atoms with Gasteiger partial charge >= 0.3 is 0 Å². The number of methoxy groups -OCH3 is 1. The van der Waals surface area contributed by atoms with Crippen molar-refractivity contribution in [3.05, 3.63) is 46.8 Å². The molecule has 0 saturated heterocycles. The van der Waals surface area contributed by atoms with Crippen LogP contribution >= 0.6 is 0 Å². The van der Waals surface area contributed by atoms with E-state index in [1.165, 1.54) is 12.8 Å². The molecular formula is C21H28N2O3. The Balaban J connectivity index is 1.69. The topological polar surface area (TPSA) is 55.6 Å². The van der Waals surface area contributed by atoms with E-state index in [0.29, 0.717) is 25.3 Å². The van der Waals surface area contributed by atoms with Crippen LogP contribution in [0.3, 0.4) is 0 Å². The number of ether oxygens (including phenoxy) is 1. The average molecular weight is 356 g/mol. The van der Waals surface area contributed by atoms with Gasteiger partial charge in [-0.05, 0) is 63.6 Å². The minimum atomic E-state index is 0.195. The molecule has 1 unspecified atom stereocenters. The van der Waals surface area contributed by atoms with Crippen molar-refractivity contribution in [1.29, 1.82) is 0 Å². The molecule has 1 aromatic carbocycles. The zero-order chi connectivity index (χ0) is 18.7. The van der Waals surface area contributed by atoms with Gasteiger partial charge in [0.15, 0.2) is 0 Å². The van der Waals surface area contributed by atoms with Crippen molar-refractivity contribution in [3.63, 3.8) is 0 Å². The zero-order valence-corrected chi connectivity index (χ0v) is 16.1. The number of aryl methyl sites for hydroxylation is 2. The van der Waals surface area contributed by atoms with Crippen molar-refractivity contribution in [3.8, 4) is 5.75 Å². The summed E-state index contributed by atoms with van der Waals surface area (Å²) >= 11 is 0. The van der Waals surface area contributed by atoms with Crippen LogP contribution in [-0.4, -0.2) is 29.1 Å². The molecule has 3 rings (SSSR count). The Morgan fingerprint density at radius 1 is 1.31 bits per heavy atom. The summed E-state index contributed by atoms with van der Waals surface area (Å²) in [4.78, 5) is 15.1. The monoisotopic (exact) mass is 356 g/mol. The van der Waals surface area contributed by atoms with E-state index >= 15 is 0 Å². The molecule has 1 aliphatic carbocycles. The zero-order valence-electron chi connectivity index (χ0n) is 16.1. The van der Waals surface area contributed by atoms with E-state index in [1.807, 2.05) is 43.0 Å². The number of nitrogens with zero attached hydrogens (tertiary/aromatic N) is 2. The standard InChI is InChI=1S/C21H28N2O3/c1-14-20(16(3)26-22-14)11-12-21(24)23(15(2)18-7-8-18)13-17-5-9-19(25-4)10-6-17/h5-6,9-10,15,18H,7-8,11-13H2,1-4H3. The predicted molar refractivity (Wildman–Crippen MR) is 100 cm³/mol. The van der Waals surface area contributed by atoms with E-state index in [-0.39, 0.29) is 11.9 Å². The first-order chi connectivity index (χ1) is 12.5. The molecule has 0 radical (unpaired) electrons. The molecule has 5 nitrogen and oxygen atoms in total. The molecule has 1 aliphatic rings. The summed E-state index contributed by atoms with van der Waals surface area (Å²) in [6, 6.07) is 8.24. The van der Waals surface area contributed by atoms with Gasteiger partial charge in [0, 0.05) is 24.6 Å². The maximum Gasteiger partial charge on any atom is 0.223 e. The maximum atomic E-state index is 13.0. The van der Waals surface area contributed by atoms with Gasteiger partial charge in [0.25, 0.3) is 0 Å². The summed E-state index contributed by atoms with van der Waals surface area (Å²) < 4.78 is 10.4. The van der Waals surface area contributed by atoms with E-state index in [9.17, 15) is 4.79 Å². The van der Waals surface area contributed by atoms with Crippen molar-refractivity contribution in [2.45, 2.75) is 59.0 Å². The molecule has 1 aromatic heterocycles. The highest BCUT2D eigenvalue weighted by atomic mass is 16.5. The minimum Gasteiger partial charge on any atom is -0.497 e. The van der Waals surface area contributed by atoms with Crippen molar-refractivity contribution < 1.29 is 14.1 Å². The van der Waals surface area contributed by atoms with Crippen LogP contribution in [0.4, 0.5) is 0 Å². The second-order valence-electron chi connectivity index (χ2n) is 7.25. The SMILES string of the molecule is COc1ccc(CN(C(=O)CCc2c(C)noc2C)C(C)C2CC2)cc1. The number of aromatic nitrogens is 1. The molecule has 1 saturated carbocycles. The molecule has 0 bridgehead atoms. The Labute approximate surface area is 155 Å². The largest absolute Gasteiger partial charge is 0.497 e. The molecule has 0 spiro atoms. The van der Waals surface area contributed by atoms with E-state index in [4.69, 9.17) is 9.26 Å². The molecule has 0 aliphatic heterocycles. The van der Waals surface area contributed by atoms with Gasteiger partial charge < -0.3 is 14.2 Å². The third-order valence-corrected chi connectivity index (χ3v) is 5.40. The average Bonchev–Trinajstić information content (AvgIpc) is 3.44.